The lowest BCUT2D eigenvalue weighted by Gasteiger charge is -2.20. The SMILES string of the molecule is CCCCOCN1C=CN(C)/C1=C/N=O. The summed E-state index contributed by atoms with van der Waals surface area (Å²) in [5, 5.41) is 2.77. The van der Waals surface area contributed by atoms with Crippen LogP contribution in [0.1, 0.15) is 19.8 Å². The number of rotatable bonds is 6. The molecule has 0 aromatic rings. The Kier molecular flexibility index (Phi) is 4.83. The number of hydrogen-bond acceptors (Lipinski definition) is 5. The van der Waals surface area contributed by atoms with Crippen molar-refractivity contribution in [3.8, 4) is 0 Å². The smallest absolute Gasteiger partial charge is 0.136 e. The Balaban J connectivity index is 2.37. The molecule has 1 aliphatic rings. The Hall–Kier alpha value is -1.36. The van der Waals surface area contributed by atoms with Crippen molar-refractivity contribution >= 4 is 0 Å². The van der Waals surface area contributed by atoms with Crippen LogP contribution in [0.15, 0.2) is 29.6 Å². The summed E-state index contributed by atoms with van der Waals surface area (Å²) in [5.41, 5.74) is 0. The van der Waals surface area contributed by atoms with Crippen molar-refractivity contribution in [2.75, 3.05) is 20.4 Å². The molecule has 0 fully saturated rings. The quantitative estimate of drug-likeness (QED) is 0.498. The topological polar surface area (TPSA) is 45.1 Å². The van der Waals surface area contributed by atoms with E-state index in [9.17, 15) is 4.91 Å². The molecule has 1 aliphatic heterocycles. The maximum Gasteiger partial charge on any atom is 0.136 e. The third-order valence-electron chi connectivity index (χ3n) is 2.17. The zero-order valence-electron chi connectivity index (χ0n) is 9.22. The van der Waals surface area contributed by atoms with Crippen LogP contribution in [0, 0.1) is 4.91 Å². The first kappa shape index (κ1) is 11.7. The van der Waals surface area contributed by atoms with E-state index in [4.69, 9.17) is 4.74 Å². The molecule has 0 saturated heterocycles. The lowest BCUT2D eigenvalue weighted by molar-refractivity contribution is 0.0637. The number of nitrogens with zero attached hydrogens (tertiary/aromatic N) is 3. The highest BCUT2D eigenvalue weighted by Gasteiger charge is 2.16. The van der Waals surface area contributed by atoms with Gasteiger partial charge in [0.1, 0.15) is 18.8 Å². The second kappa shape index (κ2) is 6.19. The average molecular weight is 211 g/mol. The molecule has 1 heterocycles. The number of ether oxygens (including phenoxy) is 1. The second-order valence-electron chi connectivity index (χ2n) is 3.36. The molecule has 84 valence electrons. The zero-order valence-corrected chi connectivity index (χ0v) is 9.22. The van der Waals surface area contributed by atoms with E-state index < -0.39 is 0 Å². The molecule has 15 heavy (non-hydrogen) atoms. The van der Waals surface area contributed by atoms with Crippen LogP contribution < -0.4 is 0 Å². The molecule has 0 aliphatic carbocycles. The molecule has 5 nitrogen and oxygen atoms in total. The second-order valence-corrected chi connectivity index (χ2v) is 3.36. The van der Waals surface area contributed by atoms with Crippen LogP contribution in [0.2, 0.25) is 0 Å². The molecule has 0 spiro atoms. The predicted molar refractivity (Wildman–Crippen MR) is 58.3 cm³/mol. The molecule has 0 aromatic heterocycles. The van der Waals surface area contributed by atoms with Gasteiger partial charge in [0.25, 0.3) is 0 Å². The molecule has 0 bridgehead atoms. The van der Waals surface area contributed by atoms with Gasteiger partial charge in [0.05, 0.1) is 0 Å². The summed E-state index contributed by atoms with van der Waals surface area (Å²) in [5.74, 6) is 0.737. The Bertz CT molecular complexity index is 263. The summed E-state index contributed by atoms with van der Waals surface area (Å²) in [7, 11) is 1.86. The number of nitroso groups, excluding NO2 is 1. The zero-order chi connectivity index (χ0) is 11.1. The summed E-state index contributed by atoms with van der Waals surface area (Å²) in [6.45, 7) is 3.32. The summed E-state index contributed by atoms with van der Waals surface area (Å²) < 4.78 is 5.45. The first-order valence-electron chi connectivity index (χ1n) is 5.07. The highest BCUT2D eigenvalue weighted by molar-refractivity contribution is 5.12. The number of unbranched alkanes of at least 4 members (excludes halogenated alkanes) is 1. The molecule has 0 unspecified atom stereocenters. The van der Waals surface area contributed by atoms with E-state index >= 15 is 0 Å². The standard InChI is InChI=1S/C10H17N3O2/c1-3-4-7-15-9-13-6-5-12(2)10(13)8-11-14/h5-6,8H,3-4,7,9H2,1-2H3/b10-8-. The summed E-state index contributed by atoms with van der Waals surface area (Å²) in [6.07, 6.45) is 7.18. The van der Waals surface area contributed by atoms with Crippen molar-refractivity contribution in [1.82, 2.24) is 9.80 Å². The molecule has 0 radical (unpaired) electrons. The molecule has 0 amide bonds. The first-order chi connectivity index (χ1) is 7.29. The molecule has 5 heteroatoms. The van der Waals surface area contributed by atoms with Gasteiger partial charge in [-0.1, -0.05) is 13.3 Å². The minimum atomic E-state index is 0.461. The largest absolute Gasteiger partial charge is 0.361 e. The molecular weight excluding hydrogens is 194 g/mol. The highest BCUT2D eigenvalue weighted by Crippen LogP contribution is 2.17. The van der Waals surface area contributed by atoms with E-state index in [-0.39, 0.29) is 0 Å². The van der Waals surface area contributed by atoms with Gasteiger partial charge in [0.15, 0.2) is 0 Å². The molecule has 0 atom stereocenters. The fourth-order valence-corrected chi connectivity index (χ4v) is 1.27. The van der Waals surface area contributed by atoms with Gasteiger partial charge in [-0.05, 0) is 11.6 Å². The normalized spacial score (nSPS) is 17.9. The fraction of sp³-hybridized carbons (Fsp3) is 0.600. The van der Waals surface area contributed by atoms with Crippen molar-refractivity contribution in [3.63, 3.8) is 0 Å². The lowest BCUT2D eigenvalue weighted by atomic mass is 10.4. The summed E-state index contributed by atoms with van der Waals surface area (Å²) in [4.78, 5) is 13.8. The van der Waals surface area contributed by atoms with Crippen LogP contribution in [0.3, 0.4) is 0 Å². The van der Waals surface area contributed by atoms with Crippen LogP contribution in [0.25, 0.3) is 0 Å². The van der Waals surface area contributed by atoms with E-state index in [1.807, 2.05) is 29.2 Å². The van der Waals surface area contributed by atoms with Crippen LogP contribution in [-0.2, 0) is 4.74 Å². The van der Waals surface area contributed by atoms with Crippen molar-refractivity contribution in [2.45, 2.75) is 19.8 Å². The first-order valence-corrected chi connectivity index (χ1v) is 5.07. The van der Waals surface area contributed by atoms with Gasteiger partial charge in [-0.15, -0.1) is 4.91 Å². The summed E-state index contributed by atoms with van der Waals surface area (Å²) >= 11 is 0. The van der Waals surface area contributed by atoms with Gasteiger partial charge in [-0.2, -0.15) is 0 Å². The van der Waals surface area contributed by atoms with E-state index in [2.05, 4.69) is 12.1 Å². The molecule has 0 saturated carbocycles. The Morgan fingerprint density at radius 3 is 3.00 bits per heavy atom. The minimum Gasteiger partial charge on any atom is -0.361 e. The maximum atomic E-state index is 10.2. The maximum absolute atomic E-state index is 10.2. The molecule has 1 rings (SSSR count). The minimum absolute atomic E-state index is 0.461. The molecule has 0 N–H and O–H groups in total. The van der Waals surface area contributed by atoms with Gasteiger partial charge in [-0.3, -0.25) is 0 Å². The van der Waals surface area contributed by atoms with E-state index in [1.165, 1.54) is 6.20 Å². The number of hydrogen-bond donors (Lipinski definition) is 0. The Labute approximate surface area is 90.0 Å². The fourth-order valence-electron chi connectivity index (χ4n) is 1.27. The van der Waals surface area contributed by atoms with Crippen molar-refractivity contribution in [3.05, 3.63) is 29.3 Å². The van der Waals surface area contributed by atoms with Crippen molar-refractivity contribution in [2.24, 2.45) is 5.18 Å². The monoisotopic (exact) mass is 211 g/mol. The van der Waals surface area contributed by atoms with E-state index in [0.717, 1.165) is 25.3 Å². The van der Waals surface area contributed by atoms with Crippen LogP contribution in [0.5, 0.6) is 0 Å². The predicted octanol–water partition coefficient (Wildman–Crippen LogP) is 2.04. The Morgan fingerprint density at radius 2 is 2.33 bits per heavy atom. The van der Waals surface area contributed by atoms with Gasteiger partial charge < -0.3 is 14.5 Å². The van der Waals surface area contributed by atoms with Gasteiger partial charge >= 0.3 is 0 Å². The van der Waals surface area contributed by atoms with E-state index in [0.29, 0.717) is 6.73 Å². The average Bonchev–Trinajstić information content (AvgIpc) is 2.57. The van der Waals surface area contributed by atoms with Crippen LogP contribution in [-0.4, -0.2) is 30.2 Å². The van der Waals surface area contributed by atoms with Crippen LogP contribution >= 0.6 is 0 Å². The van der Waals surface area contributed by atoms with E-state index in [1.54, 1.807) is 0 Å². The van der Waals surface area contributed by atoms with Crippen molar-refractivity contribution < 1.29 is 4.74 Å². The van der Waals surface area contributed by atoms with Gasteiger partial charge in [0, 0.05) is 26.1 Å². The third kappa shape index (κ3) is 3.36. The molecular formula is C10H17N3O2. The Morgan fingerprint density at radius 1 is 1.53 bits per heavy atom. The summed E-state index contributed by atoms with van der Waals surface area (Å²) in [6, 6.07) is 0. The highest BCUT2D eigenvalue weighted by atomic mass is 16.5. The van der Waals surface area contributed by atoms with Crippen LogP contribution in [0.4, 0.5) is 0 Å². The molecule has 0 aromatic carbocycles. The van der Waals surface area contributed by atoms with Gasteiger partial charge in [-0.25, -0.2) is 0 Å². The lowest BCUT2D eigenvalue weighted by Crippen LogP contribution is -2.22. The third-order valence-corrected chi connectivity index (χ3v) is 2.17. The van der Waals surface area contributed by atoms with Gasteiger partial charge in [0.2, 0.25) is 0 Å². The van der Waals surface area contributed by atoms with Crippen molar-refractivity contribution in [1.29, 1.82) is 0 Å².